The zero-order valence-electron chi connectivity index (χ0n) is 10.2. The standard InChI is InChI=1S/C11H20N2O3S/c1-4-5-8(2)12-11(16)13-9(10(14)15)6-7-17-3/h4,8-9H,1,5-7H2,2-3H3,(H,14,15)(H2,12,13,16)/t8?,9-/m1/s1. The fraction of sp³-hybridized carbons (Fsp3) is 0.636. The van der Waals surface area contributed by atoms with E-state index in [1.807, 2.05) is 13.2 Å². The van der Waals surface area contributed by atoms with E-state index in [0.29, 0.717) is 18.6 Å². The second kappa shape index (κ2) is 8.92. The van der Waals surface area contributed by atoms with Gasteiger partial charge in [0.1, 0.15) is 6.04 Å². The quantitative estimate of drug-likeness (QED) is 0.577. The number of thioether (sulfide) groups is 1. The number of aliphatic carboxylic acids is 1. The number of amides is 2. The number of rotatable bonds is 8. The molecule has 2 amide bonds. The molecule has 0 fully saturated rings. The lowest BCUT2D eigenvalue weighted by Gasteiger charge is -2.17. The van der Waals surface area contributed by atoms with Crippen LogP contribution in [-0.2, 0) is 4.79 Å². The Labute approximate surface area is 106 Å². The molecular weight excluding hydrogens is 240 g/mol. The Morgan fingerprint density at radius 1 is 1.47 bits per heavy atom. The molecule has 98 valence electrons. The van der Waals surface area contributed by atoms with Gasteiger partial charge in [0, 0.05) is 6.04 Å². The summed E-state index contributed by atoms with van der Waals surface area (Å²) in [6.07, 6.45) is 4.66. The first kappa shape index (κ1) is 15.8. The number of hydrogen-bond donors (Lipinski definition) is 3. The number of carboxylic acid groups (broad SMARTS) is 1. The van der Waals surface area contributed by atoms with Gasteiger partial charge in [0.15, 0.2) is 0 Å². The number of urea groups is 1. The number of carboxylic acids is 1. The third-order valence-corrected chi connectivity index (χ3v) is 2.76. The van der Waals surface area contributed by atoms with Crippen molar-refractivity contribution in [1.82, 2.24) is 10.6 Å². The van der Waals surface area contributed by atoms with Crippen molar-refractivity contribution in [3.05, 3.63) is 12.7 Å². The number of carbonyl (C=O) groups is 2. The summed E-state index contributed by atoms with van der Waals surface area (Å²) in [5.74, 6) is -0.315. The number of hydrogen-bond acceptors (Lipinski definition) is 3. The Morgan fingerprint density at radius 2 is 2.12 bits per heavy atom. The SMILES string of the molecule is C=CCC(C)NC(=O)N[C@H](CCSC)C(=O)O. The van der Waals surface area contributed by atoms with Crippen LogP contribution in [0.5, 0.6) is 0 Å². The minimum absolute atomic E-state index is 0.0532. The topological polar surface area (TPSA) is 78.4 Å². The fourth-order valence-electron chi connectivity index (χ4n) is 1.23. The molecule has 0 heterocycles. The van der Waals surface area contributed by atoms with Gasteiger partial charge in [-0.3, -0.25) is 0 Å². The van der Waals surface area contributed by atoms with Gasteiger partial charge in [-0.25, -0.2) is 9.59 Å². The van der Waals surface area contributed by atoms with Gasteiger partial charge in [0.25, 0.3) is 0 Å². The molecule has 0 aliphatic rings. The summed E-state index contributed by atoms with van der Waals surface area (Å²) in [4.78, 5) is 22.4. The molecule has 0 aliphatic heterocycles. The fourth-order valence-corrected chi connectivity index (χ4v) is 1.70. The van der Waals surface area contributed by atoms with Gasteiger partial charge in [-0.1, -0.05) is 6.08 Å². The summed E-state index contributed by atoms with van der Waals surface area (Å²) in [7, 11) is 0. The summed E-state index contributed by atoms with van der Waals surface area (Å²) in [5.41, 5.74) is 0. The van der Waals surface area contributed by atoms with Crippen molar-refractivity contribution in [3.8, 4) is 0 Å². The van der Waals surface area contributed by atoms with E-state index in [-0.39, 0.29) is 6.04 Å². The molecule has 0 aromatic heterocycles. The molecule has 0 saturated carbocycles. The van der Waals surface area contributed by atoms with Gasteiger partial charge in [-0.15, -0.1) is 6.58 Å². The number of carbonyl (C=O) groups excluding carboxylic acids is 1. The van der Waals surface area contributed by atoms with Crippen LogP contribution in [0.4, 0.5) is 4.79 Å². The number of nitrogens with one attached hydrogen (secondary N) is 2. The van der Waals surface area contributed by atoms with Crippen LogP contribution in [0, 0.1) is 0 Å². The molecule has 0 aromatic carbocycles. The second-order valence-electron chi connectivity index (χ2n) is 3.72. The molecule has 0 aliphatic carbocycles. The summed E-state index contributed by atoms with van der Waals surface area (Å²) >= 11 is 1.55. The highest BCUT2D eigenvalue weighted by molar-refractivity contribution is 7.98. The van der Waals surface area contributed by atoms with E-state index >= 15 is 0 Å². The molecule has 3 N–H and O–H groups in total. The first-order chi connectivity index (χ1) is 8.01. The maximum absolute atomic E-state index is 11.5. The molecule has 0 spiro atoms. The van der Waals surface area contributed by atoms with Crippen LogP contribution in [0.3, 0.4) is 0 Å². The van der Waals surface area contributed by atoms with Crippen LogP contribution in [0.15, 0.2) is 12.7 Å². The first-order valence-corrected chi connectivity index (χ1v) is 6.80. The van der Waals surface area contributed by atoms with E-state index < -0.39 is 18.0 Å². The third-order valence-electron chi connectivity index (χ3n) is 2.11. The van der Waals surface area contributed by atoms with Crippen molar-refractivity contribution in [2.24, 2.45) is 0 Å². The Kier molecular flexibility index (Phi) is 8.31. The summed E-state index contributed by atoms with van der Waals surface area (Å²) in [5, 5.41) is 14.0. The van der Waals surface area contributed by atoms with E-state index in [4.69, 9.17) is 5.11 Å². The molecule has 17 heavy (non-hydrogen) atoms. The molecule has 6 heteroatoms. The average Bonchev–Trinajstić information content (AvgIpc) is 2.23. The molecule has 5 nitrogen and oxygen atoms in total. The third kappa shape index (κ3) is 7.68. The normalized spacial score (nSPS) is 13.5. The zero-order valence-corrected chi connectivity index (χ0v) is 11.0. The van der Waals surface area contributed by atoms with Crippen LogP contribution < -0.4 is 10.6 Å². The lowest BCUT2D eigenvalue weighted by Crippen LogP contribution is -2.48. The molecule has 0 aromatic rings. The highest BCUT2D eigenvalue weighted by Gasteiger charge is 2.19. The Balaban J connectivity index is 4.11. The van der Waals surface area contributed by atoms with E-state index in [1.165, 1.54) is 0 Å². The summed E-state index contributed by atoms with van der Waals surface area (Å²) < 4.78 is 0. The van der Waals surface area contributed by atoms with E-state index in [0.717, 1.165) is 0 Å². The molecule has 1 unspecified atom stereocenters. The van der Waals surface area contributed by atoms with Crippen LogP contribution in [0.25, 0.3) is 0 Å². The van der Waals surface area contributed by atoms with E-state index in [9.17, 15) is 9.59 Å². The summed E-state index contributed by atoms with van der Waals surface area (Å²) in [6.45, 7) is 5.40. The minimum atomic E-state index is -1.01. The molecule has 0 bridgehead atoms. The second-order valence-corrected chi connectivity index (χ2v) is 4.70. The molecule has 0 radical (unpaired) electrons. The van der Waals surface area contributed by atoms with Crippen LogP contribution in [0.1, 0.15) is 19.8 Å². The van der Waals surface area contributed by atoms with Gasteiger partial charge >= 0.3 is 12.0 Å². The zero-order chi connectivity index (χ0) is 13.3. The highest BCUT2D eigenvalue weighted by atomic mass is 32.2. The van der Waals surface area contributed by atoms with Crippen molar-refractivity contribution in [2.75, 3.05) is 12.0 Å². The molecule has 0 saturated heterocycles. The predicted octanol–water partition coefficient (Wildman–Crippen LogP) is 1.46. The predicted molar refractivity (Wildman–Crippen MR) is 70.4 cm³/mol. The Hall–Kier alpha value is -1.17. The maximum Gasteiger partial charge on any atom is 0.326 e. The minimum Gasteiger partial charge on any atom is -0.480 e. The van der Waals surface area contributed by atoms with E-state index in [2.05, 4.69) is 17.2 Å². The van der Waals surface area contributed by atoms with E-state index in [1.54, 1.807) is 17.8 Å². The lowest BCUT2D eigenvalue weighted by molar-refractivity contribution is -0.139. The van der Waals surface area contributed by atoms with Crippen molar-refractivity contribution >= 4 is 23.8 Å². The monoisotopic (exact) mass is 260 g/mol. The van der Waals surface area contributed by atoms with Crippen molar-refractivity contribution in [1.29, 1.82) is 0 Å². The maximum atomic E-state index is 11.5. The van der Waals surface area contributed by atoms with Gasteiger partial charge in [-0.2, -0.15) is 11.8 Å². The van der Waals surface area contributed by atoms with Crippen LogP contribution in [-0.4, -0.2) is 41.2 Å². The van der Waals surface area contributed by atoms with Gasteiger partial charge in [0.2, 0.25) is 0 Å². The van der Waals surface area contributed by atoms with Crippen molar-refractivity contribution < 1.29 is 14.7 Å². The molecular formula is C11H20N2O3S. The smallest absolute Gasteiger partial charge is 0.326 e. The molecule has 0 rings (SSSR count). The van der Waals surface area contributed by atoms with Crippen LogP contribution in [0.2, 0.25) is 0 Å². The largest absolute Gasteiger partial charge is 0.480 e. The van der Waals surface area contributed by atoms with Crippen molar-refractivity contribution in [2.45, 2.75) is 31.8 Å². The highest BCUT2D eigenvalue weighted by Crippen LogP contribution is 2.01. The molecule has 2 atom stereocenters. The summed E-state index contributed by atoms with van der Waals surface area (Å²) in [6, 6.07) is -1.34. The van der Waals surface area contributed by atoms with Gasteiger partial charge in [0.05, 0.1) is 0 Å². The van der Waals surface area contributed by atoms with Crippen molar-refractivity contribution in [3.63, 3.8) is 0 Å². The van der Waals surface area contributed by atoms with Gasteiger partial charge < -0.3 is 15.7 Å². The Morgan fingerprint density at radius 3 is 2.59 bits per heavy atom. The average molecular weight is 260 g/mol. The lowest BCUT2D eigenvalue weighted by atomic mass is 10.2. The Bertz CT molecular complexity index is 271. The van der Waals surface area contributed by atoms with Crippen LogP contribution >= 0.6 is 11.8 Å². The van der Waals surface area contributed by atoms with Gasteiger partial charge in [-0.05, 0) is 31.8 Å². The first-order valence-electron chi connectivity index (χ1n) is 5.41.